The molecule has 0 aliphatic carbocycles. The normalized spacial score (nSPS) is 18.1. The second kappa shape index (κ2) is 10.8. The number of likely N-dealkylation sites (N-methyl/N-ethyl adjacent to an activating group) is 1. The van der Waals surface area contributed by atoms with Crippen molar-refractivity contribution in [3.63, 3.8) is 0 Å². The predicted octanol–water partition coefficient (Wildman–Crippen LogP) is 2.54. The number of rotatable bonds is 8. The first kappa shape index (κ1) is 22.6. The van der Waals surface area contributed by atoms with Crippen molar-refractivity contribution in [1.82, 2.24) is 20.4 Å². The van der Waals surface area contributed by atoms with Gasteiger partial charge < -0.3 is 20.4 Å². The minimum Gasteiger partial charge on any atom is -0.357 e. The molecule has 0 amide bonds. The molecule has 6 heteroatoms. The van der Waals surface area contributed by atoms with Crippen molar-refractivity contribution in [2.45, 2.75) is 33.1 Å². The lowest BCUT2D eigenvalue weighted by Gasteiger charge is -2.34. The smallest absolute Gasteiger partial charge is 0.191 e. The number of hydrogen-bond acceptors (Lipinski definition) is 3. The molecule has 1 atom stereocenters. The van der Waals surface area contributed by atoms with Crippen LogP contribution in [0.25, 0.3) is 0 Å². The van der Waals surface area contributed by atoms with Crippen LogP contribution < -0.4 is 10.6 Å². The molecule has 1 fully saturated rings. The monoisotopic (exact) mass is 391 g/mol. The third kappa shape index (κ3) is 7.40. The van der Waals surface area contributed by atoms with E-state index in [-0.39, 0.29) is 11.2 Å². The molecule has 1 heterocycles. The number of benzene rings is 1. The quantitative estimate of drug-likeness (QED) is 0.528. The molecule has 1 aromatic carbocycles. The Hall–Kier alpha value is -1.66. The van der Waals surface area contributed by atoms with E-state index in [1.807, 2.05) is 6.07 Å². The number of aliphatic imine (C=N–C) groups is 1. The first-order valence-corrected chi connectivity index (χ1v) is 10.5. The van der Waals surface area contributed by atoms with Gasteiger partial charge in [0.15, 0.2) is 5.96 Å². The van der Waals surface area contributed by atoms with Gasteiger partial charge in [0.05, 0.1) is 6.54 Å². The van der Waals surface area contributed by atoms with Gasteiger partial charge in [-0.3, -0.25) is 4.99 Å². The van der Waals surface area contributed by atoms with Crippen LogP contribution >= 0.6 is 0 Å². The molecule has 2 N–H and O–H groups in total. The zero-order valence-electron chi connectivity index (χ0n) is 18.3. The molecule has 0 bridgehead atoms. The highest BCUT2D eigenvalue weighted by Crippen LogP contribution is 2.24. The van der Waals surface area contributed by atoms with Gasteiger partial charge in [-0.1, -0.05) is 32.9 Å². The number of hydrogen-bond donors (Lipinski definition) is 2. The van der Waals surface area contributed by atoms with Crippen molar-refractivity contribution in [1.29, 1.82) is 0 Å². The van der Waals surface area contributed by atoms with Crippen LogP contribution in [-0.2, 0) is 5.41 Å². The fourth-order valence-electron chi connectivity index (χ4n) is 3.43. The Bertz CT molecular complexity index is 623. The van der Waals surface area contributed by atoms with Gasteiger partial charge in [-0.15, -0.1) is 0 Å². The van der Waals surface area contributed by atoms with E-state index >= 15 is 0 Å². The SMILES string of the molecule is CCNC(=NCC(C)(C)c1cccc(F)c1)NCC(C)CN1CCN(C)CC1. The van der Waals surface area contributed by atoms with Gasteiger partial charge in [0.1, 0.15) is 5.82 Å². The van der Waals surface area contributed by atoms with Crippen molar-refractivity contribution in [2.75, 3.05) is 59.4 Å². The van der Waals surface area contributed by atoms with Crippen LogP contribution in [0.1, 0.15) is 33.3 Å². The van der Waals surface area contributed by atoms with E-state index in [1.165, 1.54) is 6.07 Å². The van der Waals surface area contributed by atoms with Crippen LogP contribution in [0.4, 0.5) is 4.39 Å². The van der Waals surface area contributed by atoms with Crippen molar-refractivity contribution in [3.05, 3.63) is 35.6 Å². The van der Waals surface area contributed by atoms with Crippen molar-refractivity contribution < 1.29 is 4.39 Å². The van der Waals surface area contributed by atoms with Crippen LogP contribution in [0.5, 0.6) is 0 Å². The summed E-state index contributed by atoms with van der Waals surface area (Å²) in [6.07, 6.45) is 0. The molecule has 1 aliphatic heterocycles. The lowest BCUT2D eigenvalue weighted by Crippen LogP contribution is -2.47. The summed E-state index contributed by atoms with van der Waals surface area (Å²) < 4.78 is 13.6. The van der Waals surface area contributed by atoms with E-state index in [1.54, 1.807) is 12.1 Å². The van der Waals surface area contributed by atoms with Gasteiger partial charge >= 0.3 is 0 Å². The van der Waals surface area contributed by atoms with Crippen LogP contribution in [0.2, 0.25) is 0 Å². The molecule has 1 aliphatic rings. The minimum absolute atomic E-state index is 0.197. The zero-order chi connectivity index (χ0) is 20.6. The Morgan fingerprint density at radius 1 is 1.21 bits per heavy atom. The molecular weight excluding hydrogens is 353 g/mol. The summed E-state index contributed by atoms with van der Waals surface area (Å²) in [7, 11) is 2.19. The van der Waals surface area contributed by atoms with Gasteiger partial charge in [0.25, 0.3) is 0 Å². The fourth-order valence-corrected chi connectivity index (χ4v) is 3.43. The summed E-state index contributed by atoms with van der Waals surface area (Å²) in [5.74, 6) is 1.18. The Morgan fingerprint density at radius 2 is 1.93 bits per heavy atom. The summed E-state index contributed by atoms with van der Waals surface area (Å²) in [6, 6.07) is 6.82. The molecule has 28 heavy (non-hydrogen) atoms. The van der Waals surface area contributed by atoms with E-state index in [0.717, 1.165) is 57.3 Å². The van der Waals surface area contributed by atoms with Crippen molar-refractivity contribution in [2.24, 2.45) is 10.9 Å². The highest BCUT2D eigenvalue weighted by molar-refractivity contribution is 5.79. The number of nitrogens with one attached hydrogen (secondary N) is 2. The molecule has 2 rings (SSSR count). The van der Waals surface area contributed by atoms with Crippen molar-refractivity contribution in [3.8, 4) is 0 Å². The van der Waals surface area contributed by atoms with Crippen LogP contribution in [0.3, 0.4) is 0 Å². The maximum absolute atomic E-state index is 13.6. The van der Waals surface area contributed by atoms with E-state index in [2.05, 4.69) is 55.2 Å². The van der Waals surface area contributed by atoms with Gasteiger partial charge in [-0.05, 0) is 37.6 Å². The van der Waals surface area contributed by atoms with E-state index < -0.39 is 0 Å². The van der Waals surface area contributed by atoms with Crippen LogP contribution in [0, 0.1) is 11.7 Å². The first-order valence-electron chi connectivity index (χ1n) is 10.5. The number of piperazine rings is 1. The topological polar surface area (TPSA) is 42.9 Å². The van der Waals surface area contributed by atoms with Crippen LogP contribution in [-0.4, -0.2) is 75.2 Å². The standard InChI is InChI=1S/C22H38FN5/c1-6-24-21(25-15-18(2)16-28-12-10-27(5)11-13-28)26-17-22(3,4)19-8-7-9-20(23)14-19/h7-9,14,18H,6,10-13,15-17H2,1-5H3,(H2,24,25,26). The van der Waals surface area contributed by atoms with Crippen molar-refractivity contribution >= 4 is 5.96 Å². The van der Waals surface area contributed by atoms with E-state index in [4.69, 9.17) is 4.99 Å². The third-order valence-corrected chi connectivity index (χ3v) is 5.37. The molecule has 1 aromatic rings. The summed E-state index contributed by atoms with van der Waals surface area (Å²) in [5, 5.41) is 6.81. The average Bonchev–Trinajstić information content (AvgIpc) is 2.66. The van der Waals surface area contributed by atoms with Crippen LogP contribution in [0.15, 0.2) is 29.3 Å². The Kier molecular flexibility index (Phi) is 8.70. The van der Waals surface area contributed by atoms with Gasteiger partial charge in [-0.2, -0.15) is 0 Å². The van der Waals surface area contributed by atoms with E-state index in [9.17, 15) is 4.39 Å². The van der Waals surface area contributed by atoms with Gasteiger partial charge in [-0.25, -0.2) is 4.39 Å². The third-order valence-electron chi connectivity index (χ3n) is 5.37. The highest BCUT2D eigenvalue weighted by atomic mass is 19.1. The molecule has 0 spiro atoms. The highest BCUT2D eigenvalue weighted by Gasteiger charge is 2.21. The molecule has 1 unspecified atom stereocenters. The second-order valence-electron chi connectivity index (χ2n) is 8.68. The fraction of sp³-hybridized carbons (Fsp3) is 0.682. The molecule has 1 saturated heterocycles. The summed E-state index contributed by atoms with van der Waals surface area (Å²) >= 11 is 0. The van der Waals surface area contributed by atoms with E-state index in [0.29, 0.717) is 12.5 Å². The largest absolute Gasteiger partial charge is 0.357 e. The second-order valence-corrected chi connectivity index (χ2v) is 8.68. The summed E-state index contributed by atoms with van der Waals surface area (Å²) in [6.45, 7) is 16.6. The Balaban J connectivity index is 1.87. The first-order chi connectivity index (χ1) is 13.3. The molecule has 158 valence electrons. The molecule has 5 nitrogen and oxygen atoms in total. The number of guanidine groups is 1. The average molecular weight is 392 g/mol. The van der Waals surface area contributed by atoms with Gasteiger partial charge in [0.2, 0.25) is 0 Å². The number of nitrogens with zero attached hydrogens (tertiary/aromatic N) is 3. The Labute approximate surface area is 170 Å². The van der Waals surface area contributed by atoms with Gasteiger partial charge in [0, 0.05) is 51.2 Å². The summed E-state index contributed by atoms with van der Waals surface area (Å²) in [5.41, 5.74) is 0.742. The lowest BCUT2D eigenvalue weighted by atomic mass is 9.85. The molecule has 0 aromatic heterocycles. The summed E-state index contributed by atoms with van der Waals surface area (Å²) in [4.78, 5) is 9.70. The predicted molar refractivity (Wildman–Crippen MR) is 117 cm³/mol. The maximum atomic E-state index is 13.6. The Morgan fingerprint density at radius 3 is 2.57 bits per heavy atom. The molecule has 0 saturated carbocycles. The number of halogens is 1. The zero-order valence-corrected chi connectivity index (χ0v) is 18.3. The minimum atomic E-state index is -0.226. The lowest BCUT2D eigenvalue weighted by molar-refractivity contribution is 0.139. The molecule has 0 radical (unpaired) electrons. The maximum Gasteiger partial charge on any atom is 0.191 e. The molecular formula is C22H38FN5.